The minimum atomic E-state index is 0.0809. The van der Waals surface area contributed by atoms with Crippen molar-refractivity contribution < 1.29 is 4.79 Å². The number of carbonyl (C=O) groups excluding carboxylic acids is 1. The number of amides is 1. The lowest BCUT2D eigenvalue weighted by atomic mass is 9.96. The largest absolute Gasteiger partial charge is 0.352 e. The van der Waals surface area contributed by atoms with Crippen LogP contribution in [-0.2, 0) is 19.5 Å². The molecule has 1 amide bonds. The molecule has 0 bridgehead atoms. The average molecular weight is 391 g/mol. The van der Waals surface area contributed by atoms with Gasteiger partial charge in [-0.1, -0.05) is 0 Å². The summed E-state index contributed by atoms with van der Waals surface area (Å²) in [4.78, 5) is 21.6. The summed E-state index contributed by atoms with van der Waals surface area (Å²) in [5.74, 6) is 1.56. The van der Waals surface area contributed by atoms with Gasteiger partial charge in [-0.15, -0.1) is 0 Å². The molecule has 3 aromatic rings. The van der Waals surface area contributed by atoms with Gasteiger partial charge in [-0.3, -0.25) is 14.6 Å². The Labute approximate surface area is 169 Å². The Kier molecular flexibility index (Phi) is 4.75. The van der Waals surface area contributed by atoms with Crippen molar-refractivity contribution >= 4 is 11.7 Å². The number of rotatable bonds is 4. The van der Waals surface area contributed by atoms with E-state index in [1.807, 2.05) is 46.4 Å². The van der Waals surface area contributed by atoms with Crippen LogP contribution in [0.4, 0.5) is 5.82 Å². The highest BCUT2D eigenvalue weighted by molar-refractivity contribution is 5.94. The molecular weight excluding hydrogens is 366 g/mol. The van der Waals surface area contributed by atoms with Crippen molar-refractivity contribution in [3.05, 3.63) is 59.8 Å². The summed E-state index contributed by atoms with van der Waals surface area (Å²) in [7, 11) is 0. The van der Waals surface area contributed by atoms with E-state index in [4.69, 9.17) is 0 Å². The van der Waals surface area contributed by atoms with Crippen molar-refractivity contribution in [1.29, 1.82) is 0 Å². The topological polar surface area (TPSA) is 82.9 Å². The third kappa shape index (κ3) is 3.74. The fraction of sp³-hybridized carbons (Fsp3) is 0.429. The van der Waals surface area contributed by atoms with Crippen LogP contribution in [-0.4, -0.2) is 55.4 Å². The SMILES string of the molecule is O=C(c1ccc(N2CCc3[nH]ncc3C2)nc1)N1CCC(Cn2cccn2)CC1. The molecule has 0 unspecified atom stereocenters. The van der Waals surface area contributed by atoms with Gasteiger partial charge in [0.25, 0.3) is 5.91 Å². The second kappa shape index (κ2) is 7.69. The van der Waals surface area contributed by atoms with Gasteiger partial charge < -0.3 is 9.80 Å². The number of hydrogen-bond donors (Lipinski definition) is 1. The van der Waals surface area contributed by atoms with E-state index in [0.29, 0.717) is 11.5 Å². The molecular formula is C21H25N7O. The molecule has 5 heterocycles. The zero-order valence-corrected chi connectivity index (χ0v) is 16.4. The quantitative estimate of drug-likeness (QED) is 0.737. The Morgan fingerprint density at radius 3 is 2.83 bits per heavy atom. The summed E-state index contributed by atoms with van der Waals surface area (Å²) in [5, 5.41) is 11.5. The van der Waals surface area contributed by atoms with Crippen LogP contribution in [0.3, 0.4) is 0 Å². The molecule has 0 saturated carbocycles. The van der Waals surface area contributed by atoms with E-state index in [0.717, 1.165) is 57.8 Å². The lowest BCUT2D eigenvalue weighted by Crippen LogP contribution is -2.39. The van der Waals surface area contributed by atoms with Gasteiger partial charge in [0.1, 0.15) is 5.82 Å². The van der Waals surface area contributed by atoms with Gasteiger partial charge in [0.15, 0.2) is 0 Å². The number of nitrogens with one attached hydrogen (secondary N) is 1. The van der Waals surface area contributed by atoms with E-state index in [1.54, 1.807) is 6.20 Å². The minimum absolute atomic E-state index is 0.0809. The first-order valence-corrected chi connectivity index (χ1v) is 10.2. The first-order valence-electron chi connectivity index (χ1n) is 10.2. The van der Waals surface area contributed by atoms with Gasteiger partial charge in [-0.25, -0.2) is 4.98 Å². The van der Waals surface area contributed by atoms with Crippen LogP contribution in [0.5, 0.6) is 0 Å². The molecule has 1 saturated heterocycles. The first kappa shape index (κ1) is 17.9. The molecule has 1 fully saturated rings. The highest BCUT2D eigenvalue weighted by Crippen LogP contribution is 2.23. The van der Waals surface area contributed by atoms with E-state index in [1.165, 1.54) is 11.3 Å². The van der Waals surface area contributed by atoms with Gasteiger partial charge in [-0.2, -0.15) is 10.2 Å². The minimum Gasteiger partial charge on any atom is -0.352 e. The number of fused-ring (bicyclic) bond motifs is 1. The number of pyridine rings is 1. The molecule has 1 N–H and O–H groups in total. The molecule has 2 aliphatic heterocycles. The highest BCUT2D eigenvalue weighted by Gasteiger charge is 2.25. The third-order valence-electron chi connectivity index (χ3n) is 6.03. The Bertz CT molecular complexity index is 955. The van der Waals surface area contributed by atoms with E-state index in [-0.39, 0.29) is 5.91 Å². The van der Waals surface area contributed by atoms with Crippen molar-refractivity contribution in [3.63, 3.8) is 0 Å². The molecule has 0 atom stereocenters. The molecule has 29 heavy (non-hydrogen) atoms. The zero-order valence-electron chi connectivity index (χ0n) is 16.4. The van der Waals surface area contributed by atoms with Gasteiger partial charge >= 0.3 is 0 Å². The standard InChI is InChI=1S/C21H25N7O/c29-21(26-9-4-16(5-10-26)14-28-8-1-7-24-28)17-2-3-20(22-12-17)27-11-6-19-18(15-27)13-23-25-19/h1-3,7-8,12-13,16H,4-6,9-11,14-15H2,(H,23,25). The first-order chi connectivity index (χ1) is 14.3. The van der Waals surface area contributed by atoms with Crippen molar-refractivity contribution in [1.82, 2.24) is 29.9 Å². The number of anilines is 1. The van der Waals surface area contributed by atoms with Crippen LogP contribution in [0, 0.1) is 5.92 Å². The van der Waals surface area contributed by atoms with Gasteiger partial charge in [0.05, 0.1) is 11.8 Å². The highest BCUT2D eigenvalue weighted by atomic mass is 16.2. The molecule has 3 aromatic heterocycles. The second-order valence-electron chi connectivity index (χ2n) is 7.91. The van der Waals surface area contributed by atoms with Gasteiger partial charge in [0, 0.05) is 69.0 Å². The van der Waals surface area contributed by atoms with Gasteiger partial charge in [-0.05, 0) is 37.0 Å². The zero-order chi connectivity index (χ0) is 19.6. The lowest BCUT2D eigenvalue weighted by molar-refractivity contribution is 0.0681. The number of nitrogens with zero attached hydrogens (tertiary/aromatic N) is 6. The fourth-order valence-corrected chi connectivity index (χ4v) is 4.29. The summed E-state index contributed by atoms with van der Waals surface area (Å²) < 4.78 is 1.98. The monoisotopic (exact) mass is 391 g/mol. The van der Waals surface area contributed by atoms with E-state index >= 15 is 0 Å². The summed E-state index contributed by atoms with van der Waals surface area (Å²) in [5.41, 5.74) is 3.10. The van der Waals surface area contributed by atoms with Crippen LogP contribution >= 0.6 is 0 Å². The van der Waals surface area contributed by atoms with Crippen LogP contribution < -0.4 is 4.90 Å². The van der Waals surface area contributed by atoms with E-state index in [2.05, 4.69) is 25.2 Å². The van der Waals surface area contributed by atoms with Crippen LogP contribution in [0.25, 0.3) is 0 Å². The number of piperidine rings is 1. The maximum absolute atomic E-state index is 12.9. The molecule has 2 aliphatic rings. The number of likely N-dealkylation sites (tertiary alicyclic amines) is 1. The number of hydrogen-bond acceptors (Lipinski definition) is 5. The second-order valence-corrected chi connectivity index (χ2v) is 7.91. The van der Waals surface area contributed by atoms with Crippen molar-refractivity contribution in [2.45, 2.75) is 32.4 Å². The molecule has 8 heteroatoms. The number of aromatic amines is 1. The Morgan fingerprint density at radius 2 is 2.07 bits per heavy atom. The Morgan fingerprint density at radius 1 is 1.17 bits per heavy atom. The molecule has 0 radical (unpaired) electrons. The van der Waals surface area contributed by atoms with Crippen LogP contribution in [0.15, 0.2) is 43.0 Å². The molecule has 0 spiro atoms. The van der Waals surface area contributed by atoms with Crippen molar-refractivity contribution in [2.24, 2.45) is 5.92 Å². The summed E-state index contributed by atoms with van der Waals surface area (Å²) in [6.07, 6.45) is 10.4. The third-order valence-corrected chi connectivity index (χ3v) is 6.03. The molecule has 5 rings (SSSR count). The average Bonchev–Trinajstić information content (AvgIpc) is 3.45. The molecule has 8 nitrogen and oxygen atoms in total. The van der Waals surface area contributed by atoms with Crippen molar-refractivity contribution in [2.75, 3.05) is 24.5 Å². The Hall–Kier alpha value is -3.16. The predicted molar refractivity (Wildman–Crippen MR) is 108 cm³/mol. The van der Waals surface area contributed by atoms with Crippen molar-refractivity contribution in [3.8, 4) is 0 Å². The number of H-pyrrole nitrogens is 1. The Balaban J connectivity index is 1.18. The maximum atomic E-state index is 12.9. The summed E-state index contributed by atoms with van der Waals surface area (Å²) in [6.45, 7) is 4.22. The van der Waals surface area contributed by atoms with Crippen LogP contribution in [0.1, 0.15) is 34.5 Å². The summed E-state index contributed by atoms with van der Waals surface area (Å²) in [6, 6.07) is 5.82. The molecule has 0 aromatic carbocycles. The summed E-state index contributed by atoms with van der Waals surface area (Å²) >= 11 is 0. The molecule has 0 aliphatic carbocycles. The van der Waals surface area contributed by atoms with E-state index in [9.17, 15) is 4.79 Å². The lowest BCUT2D eigenvalue weighted by Gasteiger charge is -2.32. The van der Waals surface area contributed by atoms with E-state index < -0.39 is 0 Å². The fourth-order valence-electron chi connectivity index (χ4n) is 4.29. The number of carbonyl (C=O) groups is 1. The van der Waals surface area contributed by atoms with Gasteiger partial charge in [0.2, 0.25) is 0 Å². The normalized spacial score (nSPS) is 17.4. The number of aromatic nitrogens is 5. The smallest absolute Gasteiger partial charge is 0.255 e. The molecule has 150 valence electrons. The maximum Gasteiger partial charge on any atom is 0.255 e. The van der Waals surface area contributed by atoms with Crippen LogP contribution in [0.2, 0.25) is 0 Å². The predicted octanol–water partition coefficient (Wildman–Crippen LogP) is 2.12.